The van der Waals surface area contributed by atoms with Crippen LogP contribution in [-0.2, 0) is 0 Å². The molecule has 0 aliphatic carbocycles. The van der Waals surface area contributed by atoms with Gasteiger partial charge in [-0.25, -0.2) is 4.57 Å². The Hall–Kier alpha value is -3.08. The van der Waals surface area contributed by atoms with Crippen molar-refractivity contribution >= 4 is 11.5 Å². The number of nitrogens with zero attached hydrogens (tertiary/aromatic N) is 5. The molecule has 10 nitrogen and oxygen atoms in total. The van der Waals surface area contributed by atoms with Crippen LogP contribution >= 0.6 is 11.5 Å². The third-order valence-corrected chi connectivity index (χ3v) is 4.11. The van der Waals surface area contributed by atoms with Gasteiger partial charge in [-0.3, -0.25) is 5.01 Å². The van der Waals surface area contributed by atoms with Gasteiger partial charge in [-0.1, -0.05) is 0 Å². The normalized spacial score (nSPS) is 10.9. The molecule has 0 radical (unpaired) electrons. The second-order valence-electron chi connectivity index (χ2n) is 4.87. The molecular weight excluding hydrogens is 324 g/mol. The first-order chi connectivity index (χ1) is 10.9. The zero-order chi connectivity index (χ0) is 16.7. The third-order valence-electron chi connectivity index (χ3n) is 3.06. The van der Waals surface area contributed by atoms with Crippen molar-refractivity contribution < 1.29 is 20.4 Å². The average Bonchev–Trinajstić information content (AvgIpc) is 3.01. The predicted octanol–water partition coefficient (Wildman–Crippen LogP) is 0.727. The van der Waals surface area contributed by atoms with Crippen LogP contribution < -0.4 is 5.01 Å². The van der Waals surface area contributed by atoms with Gasteiger partial charge in [0.05, 0.1) is 6.20 Å². The Labute approximate surface area is 134 Å². The van der Waals surface area contributed by atoms with E-state index >= 15 is 0 Å². The molecule has 0 aromatic carbocycles. The van der Waals surface area contributed by atoms with Gasteiger partial charge < -0.3 is 20.4 Å². The highest BCUT2D eigenvalue weighted by molar-refractivity contribution is 7.08. The van der Waals surface area contributed by atoms with Crippen LogP contribution in [0.4, 0.5) is 0 Å². The molecule has 23 heavy (non-hydrogen) atoms. The monoisotopic (exact) mass is 340 g/mol. The maximum atomic E-state index is 9.91. The van der Waals surface area contributed by atoms with Crippen LogP contribution in [0.25, 0.3) is 5.00 Å². The summed E-state index contributed by atoms with van der Waals surface area (Å²) in [7, 11) is 3.54. The van der Waals surface area contributed by atoms with E-state index in [9.17, 15) is 20.4 Å². The van der Waals surface area contributed by atoms with Gasteiger partial charge in [0.1, 0.15) is 5.00 Å². The van der Waals surface area contributed by atoms with E-state index in [-0.39, 0.29) is 23.5 Å². The van der Waals surface area contributed by atoms with Gasteiger partial charge in [-0.15, -0.1) is 4.18 Å². The fraction of sp³-hybridized carbons (Fsp3) is 0.167. The number of aromatic amines is 1. The van der Waals surface area contributed by atoms with Gasteiger partial charge in [0.2, 0.25) is 11.8 Å². The van der Waals surface area contributed by atoms with Crippen molar-refractivity contribution in [1.29, 1.82) is 0 Å². The Morgan fingerprint density at radius 3 is 1.96 bits per heavy atom. The average molecular weight is 340 g/mol. The van der Waals surface area contributed by atoms with E-state index in [1.807, 2.05) is 0 Å². The van der Waals surface area contributed by atoms with Crippen LogP contribution in [0, 0.1) is 0 Å². The van der Waals surface area contributed by atoms with E-state index in [1.165, 1.54) is 51.4 Å². The number of hydrogen-bond donors (Lipinski definition) is 5. The standard InChI is InChI=1S/C12H16N6O4S/c1-14(2)18-13-15(17-10(21)5-6-11(17)22)7-12(23-18)16-8(19)3-4-9(16)20/h3-7,13,19-22H,1-2H3. The maximum absolute atomic E-state index is 9.91. The van der Waals surface area contributed by atoms with Crippen LogP contribution in [0.1, 0.15) is 0 Å². The molecule has 0 amide bonds. The summed E-state index contributed by atoms with van der Waals surface area (Å²) in [6.45, 7) is 0. The van der Waals surface area contributed by atoms with Gasteiger partial charge in [-0.05, 0) is 0 Å². The molecule has 11 heteroatoms. The van der Waals surface area contributed by atoms with Crippen molar-refractivity contribution in [3.63, 3.8) is 0 Å². The molecule has 0 aliphatic rings. The van der Waals surface area contributed by atoms with E-state index < -0.39 is 0 Å². The Bertz CT molecular complexity index is 771. The zero-order valence-electron chi connectivity index (χ0n) is 12.3. The third kappa shape index (κ3) is 2.46. The Morgan fingerprint density at radius 1 is 0.913 bits per heavy atom. The molecule has 5 N–H and O–H groups in total. The molecular formula is C12H16N6O4S. The first kappa shape index (κ1) is 14.8. The van der Waals surface area contributed by atoms with E-state index in [0.29, 0.717) is 5.00 Å². The zero-order valence-corrected chi connectivity index (χ0v) is 13.1. The summed E-state index contributed by atoms with van der Waals surface area (Å²) in [5.41, 5.74) is 0. The molecule has 3 heterocycles. The molecule has 0 aliphatic heterocycles. The lowest BCUT2D eigenvalue weighted by atomic mass is 10.6. The Kier molecular flexibility index (Phi) is 3.41. The summed E-state index contributed by atoms with van der Waals surface area (Å²) in [5, 5.41) is 44.6. The largest absolute Gasteiger partial charge is 0.494 e. The minimum absolute atomic E-state index is 0.150. The highest BCUT2D eigenvalue weighted by Crippen LogP contribution is 2.29. The van der Waals surface area contributed by atoms with Gasteiger partial charge in [-0.2, -0.15) is 14.7 Å². The van der Waals surface area contributed by atoms with Crippen LogP contribution in [0.15, 0.2) is 30.5 Å². The molecule has 0 saturated carbocycles. The number of rotatable bonds is 3. The summed E-state index contributed by atoms with van der Waals surface area (Å²) in [4.78, 5) is 1.30. The van der Waals surface area contributed by atoms with E-state index in [1.54, 1.807) is 23.3 Å². The molecule has 0 spiro atoms. The summed E-state index contributed by atoms with van der Waals surface area (Å²) in [6, 6.07) is 5.37. The Balaban J connectivity index is 2.27. The van der Waals surface area contributed by atoms with Gasteiger partial charge in [0, 0.05) is 49.9 Å². The predicted molar refractivity (Wildman–Crippen MR) is 83.6 cm³/mol. The van der Waals surface area contributed by atoms with E-state index in [4.69, 9.17) is 0 Å². The molecule has 0 atom stereocenters. The molecule has 0 saturated heterocycles. The second-order valence-corrected chi connectivity index (χ2v) is 5.82. The molecule has 3 rings (SSSR count). The summed E-state index contributed by atoms with van der Waals surface area (Å²) in [6.07, 6.45) is 1.49. The maximum Gasteiger partial charge on any atom is 0.215 e. The van der Waals surface area contributed by atoms with Crippen LogP contribution in [0.3, 0.4) is 0 Å². The second kappa shape index (κ2) is 5.28. The lowest BCUT2D eigenvalue weighted by Crippen LogP contribution is -2.30. The first-order valence-electron chi connectivity index (χ1n) is 6.51. The lowest BCUT2D eigenvalue weighted by molar-refractivity contribution is 0.325. The molecule has 0 fully saturated rings. The van der Waals surface area contributed by atoms with Crippen molar-refractivity contribution in [2.24, 2.45) is 0 Å². The van der Waals surface area contributed by atoms with Crippen molar-refractivity contribution in [3.05, 3.63) is 30.5 Å². The first-order valence-corrected chi connectivity index (χ1v) is 7.28. The topological polar surface area (TPSA) is 120 Å². The number of hydrogen-bond acceptors (Lipinski definition) is 6. The van der Waals surface area contributed by atoms with Crippen molar-refractivity contribution in [3.8, 4) is 28.5 Å². The molecule has 124 valence electrons. The van der Waals surface area contributed by atoms with Crippen LogP contribution in [0.2, 0.25) is 0 Å². The fourth-order valence-corrected chi connectivity index (χ4v) is 2.88. The fourth-order valence-electron chi connectivity index (χ4n) is 2.00. The lowest BCUT2D eigenvalue weighted by Gasteiger charge is -2.21. The molecule has 0 bridgehead atoms. The number of aromatic hydroxyl groups is 4. The highest BCUT2D eigenvalue weighted by Gasteiger charge is 2.14. The Morgan fingerprint density at radius 2 is 1.43 bits per heavy atom. The summed E-state index contributed by atoms with van der Waals surface area (Å²) in [5.74, 6) is -0.695. The van der Waals surface area contributed by atoms with Crippen LogP contribution in [0.5, 0.6) is 23.5 Å². The van der Waals surface area contributed by atoms with Gasteiger partial charge in [0.15, 0.2) is 11.8 Å². The van der Waals surface area contributed by atoms with Crippen LogP contribution in [-0.4, -0.2) is 57.9 Å². The molecule has 3 aromatic heterocycles. The minimum Gasteiger partial charge on any atom is -0.494 e. The number of nitrogens with one attached hydrogen (secondary N) is 1. The summed E-state index contributed by atoms with van der Waals surface area (Å²) >= 11 is 1.17. The molecule has 0 unspecified atom stereocenters. The number of aromatic nitrogens is 5. The van der Waals surface area contributed by atoms with Crippen molar-refractivity contribution in [2.45, 2.75) is 0 Å². The van der Waals surface area contributed by atoms with Gasteiger partial charge in [0.25, 0.3) is 0 Å². The number of H-pyrrole nitrogens is 1. The quantitative estimate of drug-likeness (QED) is 0.481. The summed E-state index contributed by atoms with van der Waals surface area (Å²) < 4.78 is 3.88. The van der Waals surface area contributed by atoms with E-state index in [2.05, 4.69) is 5.21 Å². The van der Waals surface area contributed by atoms with Crippen molar-refractivity contribution in [2.75, 3.05) is 19.1 Å². The van der Waals surface area contributed by atoms with E-state index in [0.717, 1.165) is 4.68 Å². The highest BCUT2D eigenvalue weighted by atomic mass is 32.1. The molecule has 3 aromatic rings. The van der Waals surface area contributed by atoms with Gasteiger partial charge >= 0.3 is 0 Å². The minimum atomic E-state index is -0.197. The smallest absolute Gasteiger partial charge is 0.215 e. The SMILES string of the molecule is CN(C)n1[nH]n(-n2c(O)ccc2O)cc(-n2c(O)ccc2O)s1. The van der Waals surface area contributed by atoms with Crippen molar-refractivity contribution in [1.82, 2.24) is 23.4 Å².